The molecule has 0 aromatic carbocycles. The molecule has 0 bridgehead atoms. The molecule has 3 heterocycles. The van der Waals surface area contributed by atoms with E-state index < -0.39 is 0 Å². The normalized spacial score (nSPS) is 35.0. The van der Waals surface area contributed by atoms with Crippen molar-refractivity contribution in [3.63, 3.8) is 0 Å². The lowest BCUT2D eigenvalue weighted by Crippen LogP contribution is -2.52. The molecule has 1 amide bonds. The van der Waals surface area contributed by atoms with E-state index in [4.69, 9.17) is 4.74 Å². The van der Waals surface area contributed by atoms with Gasteiger partial charge in [0.25, 0.3) is 0 Å². The number of morpholine rings is 1. The predicted octanol–water partition coefficient (Wildman–Crippen LogP) is 0.792. The first-order valence-corrected chi connectivity index (χ1v) is 8.51. The summed E-state index contributed by atoms with van der Waals surface area (Å²) in [6.07, 6.45) is 4.29. The van der Waals surface area contributed by atoms with Crippen LogP contribution >= 0.6 is 0 Å². The molecule has 0 radical (unpaired) electrons. The lowest BCUT2D eigenvalue weighted by Gasteiger charge is -2.39. The Balaban J connectivity index is 1.50. The molecule has 5 nitrogen and oxygen atoms in total. The summed E-state index contributed by atoms with van der Waals surface area (Å²) in [5.41, 5.74) is 0. The van der Waals surface area contributed by atoms with Crippen molar-refractivity contribution in [1.29, 1.82) is 0 Å². The van der Waals surface area contributed by atoms with E-state index in [1.54, 1.807) is 0 Å². The van der Waals surface area contributed by atoms with Crippen LogP contribution in [0.5, 0.6) is 0 Å². The van der Waals surface area contributed by atoms with E-state index in [1.807, 2.05) is 4.90 Å². The number of carbonyl (C=O) groups excluding carboxylic acids is 1. The summed E-state index contributed by atoms with van der Waals surface area (Å²) >= 11 is 0. The highest BCUT2D eigenvalue weighted by atomic mass is 16.5. The van der Waals surface area contributed by atoms with Crippen LogP contribution < -0.4 is 0 Å². The van der Waals surface area contributed by atoms with Crippen molar-refractivity contribution in [2.75, 3.05) is 45.8 Å². The van der Waals surface area contributed by atoms with Gasteiger partial charge >= 0.3 is 0 Å². The lowest BCUT2D eigenvalue weighted by atomic mass is 10.1. The molecular formula is C16H29N3O2. The van der Waals surface area contributed by atoms with Gasteiger partial charge in [-0.25, -0.2) is 0 Å². The SMILES string of the molecule is CC1CN(CC2CCCN2CC(=O)N2CCC2)CC(C)O1. The number of carbonyl (C=O) groups is 1. The first kappa shape index (κ1) is 15.3. The highest BCUT2D eigenvalue weighted by Crippen LogP contribution is 2.21. The molecule has 3 saturated heterocycles. The minimum atomic E-state index is 0.325. The van der Waals surface area contributed by atoms with Gasteiger partial charge in [-0.3, -0.25) is 14.6 Å². The fourth-order valence-electron chi connectivity index (χ4n) is 3.88. The zero-order valence-corrected chi connectivity index (χ0v) is 13.5. The van der Waals surface area contributed by atoms with Crippen molar-refractivity contribution in [2.45, 2.75) is 51.4 Å². The van der Waals surface area contributed by atoms with Crippen molar-refractivity contribution < 1.29 is 9.53 Å². The van der Waals surface area contributed by atoms with Gasteiger partial charge in [0.05, 0.1) is 18.8 Å². The largest absolute Gasteiger partial charge is 0.373 e. The summed E-state index contributed by atoms with van der Waals surface area (Å²) in [5.74, 6) is 0.330. The molecule has 3 aliphatic heterocycles. The number of amides is 1. The van der Waals surface area contributed by atoms with Crippen LogP contribution in [-0.4, -0.2) is 84.7 Å². The van der Waals surface area contributed by atoms with Crippen LogP contribution in [0.2, 0.25) is 0 Å². The van der Waals surface area contributed by atoms with Crippen molar-refractivity contribution in [3.8, 4) is 0 Å². The van der Waals surface area contributed by atoms with Crippen LogP contribution in [-0.2, 0) is 9.53 Å². The average molecular weight is 295 g/mol. The highest BCUT2D eigenvalue weighted by Gasteiger charge is 2.32. The van der Waals surface area contributed by atoms with E-state index >= 15 is 0 Å². The van der Waals surface area contributed by atoms with Crippen LogP contribution in [0, 0.1) is 0 Å². The summed E-state index contributed by atoms with van der Waals surface area (Å²) in [5, 5.41) is 0. The third-order valence-electron chi connectivity index (χ3n) is 5.01. The van der Waals surface area contributed by atoms with Crippen molar-refractivity contribution in [1.82, 2.24) is 14.7 Å². The van der Waals surface area contributed by atoms with Crippen molar-refractivity contribution >= 4 is 5.91 Å². The molecule has 0 N–H and O–H groups in total. The van der Waals surface area contributed by atoms with E-state index in [-0.39, 0.29) is 0 Å². The Labute approximate surface area is 128 Å². The molecule has 21 heavy (non-hydrogen) atoms. The molecule has 0 aliphatic carbocycles. The molecule has 0 saturated carbocycles. The van der Waals surface area contributed by atoms with E-state index in [9.17, 15) is 4.79 Å². The molecule has 5 heteroatoms. The van der Waals surface area contributed by atoms with Crippen molar-refractivity contribution in [3.05, 3.63) is 0 Å². The second kappa shape index (κ2) is 6.63. The molecule has 3 unspecified atom stereocenters. The molecular weight excluding hydrogens is 266 g/mol. The van der Waals surface area contributed by atoms with Gasteiger partial charge in [-0.1, -0.05) is 0 Å². The summed E-state index contributed by atoms with van der Waals surface area (Å²) in [6, 6.07) is 0.549. The van der Waals surface area contributed by atoms with Gasteiger partial charge in [0.15, 0.2) is 0 Å². The Bertz CT molecular complexity index is 363. The maximum atomic E-state index is 12.2. The van der Waals surface area contributed by atoms with Gasteiger partial charge in [-0.15, -0.1) is 0 Å². The summed E-state index contributed by atoms with van der Waals surface area (Å²) in [7, 11) is 0. The first-order chi connectivity index (χ1) is 10.1. The molecule has 120 valence electrons. The Morgan fingerprint density at radius 3 is 2.43 bits per heavy atom. The van der Waals surface area contributed by atoms with E-state index in [0.29, 0.717) is 30.7 Å². The quantitative estimate of drug-likeness (QED) is 0.768. The Hall–Kier alpha value is -0.650. The standard InChI is InChI=1S/C16H29N3O2/c1-13-9-17(10-14(2)21-13)11-15-5-3-6-19(15)12-16(20)18-7-4-8-18/h13-15H,3-12H2,1-2H3. The summed E-state index contributed by atoms with van der Waals surface area (Å²) in [6.45, 7) is 11.1. The number of ether oxygens (including phenoxy) is 1. The lowest BCUT2D eigenvalue weighted by molar-refractivity contribution is -0.136. The van der Waals surface area contributed by atoms with Gasteiger partial charge in [0.2, 0.25) is 5.91 Å². The number of hydrogen-bond acceptors (Lipinski definition) is 4. The molecule has 0 aromatic rings. The Morgan fingerprint density at radius 1 is 1.10 bits per heavy atom. The van der Waals surface area contributed by atoms with Crippen LogP contribution in [0.4, 0.5) is 0 Å². The fourth-order valence-corrected chi connectivity index (χ4v) is 3.88. The zero-order chi connectivity index (χ0) is 14.8. The van der Waals surface area contributed by atoms with Crippen LogP contribution in [0.3, 0.4) is 0 Å². The molecule has 0 aromatic heterocycles. The van der Waals surface area contributed by atoms with E-state index in [0.717, 1.165) is 39.3 Å². The smallest absolute Gasteiger partial charge is 0.236 e. The first-order valence-electron chi connectivity index (χ1n) is 8.51. The number of hydrogen-bond donors (Lipinski definition) is 0. The van der Waals surface area contributed by atoms with E-state index in [2.05, 4.69) is 23.6 Å². The molecule has 3 aliphatic rings. The summed E-state index contributed by atoms with van der Waals surface area (Å²) in [4.78, 5) is 19.1. The number of rotatable bonds is 4. The maximum absolute atomic E-state index is 12.2. The molecule has 3 rings (SSSR count). The zero-order valence-electron chi connectivity index (χ0n) is 13.5. The third kappa shape index (κ3) is 3.76. The monoisotopic (exact) mass is 295 g/mol. The second-order valence-electron chi connectivity index (χ2n) is 6.98. The van der Waals surface area contributed by atoms with E-state index in [1.165, 1.54) is 19.3 Å². The molecule has 3 atom stereocenters. The van der Waals surface area contributed by atoms with Crippen molar-refractivity contribution in [2.24, 2.45) is 0 Å². The topological polar surface area (TPSA) is 36.0 Å². The Kier molecular flexibility index (Phi) is 4.82. The van der Waals surface area contributed by atoms with Gasteiger partial charge in [-0.05, 0) is 39.7 Å². The van der Waals surface area contributed by atoms with Crippen LogP contribution in [0.25, 0.3) is 0 Å². The average Bonchev–Trinajstić information content (AvgIpc) is 2.72. The summed E-state index contributed by atoms with van der Waals surface area (Å²) < 4.78 is 5.81. The minimum absolute atomic E-state index is 0.325. The molecule has 0 spiro atoms. The third-order valence-corrected chi connectivity index (χ3v) is 5.01. The second-order valence-corrected chi connectivity index (χ2v) is 6.98. The van der Waals surface area contributed by atoms with Gasteiger partial charge in [0, 0.05) is 38.8 Å². The highest BCUT2D eigenvalue weighted by molar-refractivity contribution is 5.79. The van der Waals surface area contributed by atoms with Crippen LogP contribution in [0.1, 0.15) is 33.1 Å². The van der Waals surface area contributed by atoms with Gasteiger partial charge in [-0.2, -0.15) is 0 Å². The van der Waals surface area contributed by atoms with Gasteiger partial charge in [0.1, 0.15) is 0 Å². The Morgan fingerprint density at radius 2 is 1.81 bits per heavy atom. The fraction of sp³-hybridized carbons (Fsp3) is 0.938. The number of likely N-dealkylation sites (tertiary alicyclic amines) is 2. The maximum Gasteiger partial charge on any atom is 0.236 e. The predicted molar refractivity (Wildman–Crippen MR) is 82.2 cm³/mol. The molecule has 3 fully saturated rings. The van der Waals surface area contributed by atoms with Crippen LogP contribution in [0.15, 0.2) is 0 Å². The van der Waals surface area contributed by atoms with Gasteiger partial charge < -0.3 is 9.64 Å². The minimum Gasteiger partial charge on any atom is -0.373 e. The number of nitrogens with zero attached hydrogens (tertiary/aromatic N) is 3.